The lowest BCUT2D eigenvalue weighted by Gasteiger charge is -2.34. The summed E-state index contributed by atoms with van der Waals surface area (Å²) < 4.78 is 27.2. The number of benzene rings is 1. The van der Waals surface area contributed by atoms with Crippen LogP contribution in [0.1, 0.15) is 11.3 Å². The van der Waals surface area contributed by atoms with E-state index < -0.39 is 14.9 Å². The van der Waals surface area contributed by atoms with E-state index in [1.54, 1.807) is 13.1 Å². The first-order valence-electron chi connectivity index (χ1n) is 8.25. The van der Waals surface area contributed by atoms with Crippen LogP contribution in [0.25, 0.3) is 0 Å². The van der Waals surface area contributed by atoms with Crippen molar-refractivity contribution in [2.24, 2.45) is 0 Å². The maximum atomic E-state index is 12.9. The molecule has 9 heteroatoms. The van der Waals surface area contributed by atoms with Gasteiger partial charge >= 0.3 is 0 Å². The number of hydrogen-bond donors (Lipinski definition) is 0. The second-order valence-electron chi connectivity index (χ2n) is 6.21. The summed E-state index contributed by atoms with van der Waals surface area (Å²) in [6, 6.07) is 9.66. The number of rotatable bonds is 5. The summed E-state index contributed by atoms with van der Waals surface area (Å²) in [5.74, 6) is 0. The van der Waals surface area contributed by atoms with Gasteiger partial charge in [0.05, 0.1) is 15.5 Å². The number of hydrogen-bond acceptors (Lipinski definition) is 6. The summed E-state index contributed by atoms with van der Waals surface area (Å²) in [4.78, 5) is 16.8. The van der Waals surface area contributed by atoms with Crippen LogP contribution in [-0.4, -0.2) is 53.7 Å². The molecule has 3 rings (SSSR count). The molecule has 0 N–H and O–H groups in total. The van der Waals surface area contributed by atoms with Gasteiger partial charge in [-0.25, -0.2) is 8.42 Å². The highest BCUT2D eigenvalue weighted by molar-refractivity contribution is 7.89. The zero-order valence-electron chi connectivity index (χ0n) is 14.4. The van der Waals surface area contributed by atoms with E-state index in [-0.39, 0.29) is 10.6 Å². The highest BCUT2D eigenvalue weighted by Crippen LogP contribution is 2.25. The first-order chi connectivity index (χ1) is 12.4. The van der Waals surface area contributed by atoms with E-state index in [0.717, 1.165) is 11.8 Å². The third-order valence-corrected chi connectivity index (χ3v) is 6.48. The molecule has 0 aliphatic carbocycles. The Morgan fingerprint density at radius 2 is 1.88 bits per heavy atom. The number of sulfonamides is 1. The largest absolute Gasteiger partial charge is 0.295 e. The van der Waals surface area contributed by atoms with Crippen LogP contribution in [-0.2, 0) is 16.6 Å². The average molecular weight is 376 g/mol. The van der Waals surface area contributed by atoms with Crippen LogP contribution in [0.3, 0.4) is 0 Å². The fraction of sp³-hybridized carbons (Fsp3) is 0.353. The first kappa shape index (κ1) is 18.4. The summed E-state index contributed by atoms with van der Waals surface area (Å²) in [5.41, 5.74) is 1.23. The summed E-state index contributed by atoms with van der Waals surface area (Å²) in [7, 11) is -3.76. The van der Waals surface area contributed by atoms with Crippen molar-refractivity contribution in [1.29, 1.82) is 0 Å². The Labute approximate surface area is 152 Å². The Bertz CT molecular complexity index is 894. The third-order valence-electron chi connectivity index (χ3n) is 4.44. The van der Waals surface area contributed by atoms with Gasteiger partial charge in [-0.15, -0.1) is 0 Å². The van der Waals surface area contributed by atoms with Gasteiger partial charge in [-0.2, -0.15) is 4.31 Å². The zero-order chi connectivity index (χ0) is 18.7. The molecule has 26 heavy (non-hydrogen) atoms. The van der Waals surface area contributed by atoms with Gasteiger partial charge < -0.3 is 0 Å². The molecule has 0 bridgehead atoms. The quantitative estimate of drug-likeness (QED) is 0.583. The number of aryl methyl sites for hydroxylation is 1. The summed E-state index contributed by atoms with van der Waals surface area (Å²) in [6.45, 7) is 4.18. The maximum Gasteiger partial charge on any atom is 0.270 e. The molecular weight excluding hydrogens is 356 g/mol. The average Bonchev–Trinajstić information content (AvgIpc) is 2.63. The van der Waals surface area contributed by atoms with E-state index in [4.69, 9.17) is 0 Å². The van der Waals surface area contributed by atoms with E-state index in [1.165, 1.54) is 16.4 Å². The molecule has 8 nitrogen and oxygen atoms in total. The van der Waals surface area contributed by atoms with Crippen LogP contribution >= 0.6 is 0 Å². The fourth-order valence-corrected chi connectivity index (χ4v) is 4.63. The van der Waals surface area contributed by atoms with E-state index >= 15 is 0 Å². The van der Waals surface area contributed by atoms with Crippen molar-refractivity contribution in [1.82, 2.24) is 14.2 Å². The molecule has 1 fully saturated rings. The van der Waals surface area contributed by atoms with E-state index in [0.29, 0.717) is 38.3 Å². The van der Waals surface area contributed by atoms with Gasteiger partial charge in [-0.05, 0) is 24.6 Å². The Hall–Kier alpha value is -2.36. The number of non-ortho nitro benzene ring substituents is 1. The lowest BCUT2D eigenvalue weighted by molar-refractivity contribution is -0.385. The van der Waals surface area contributed by atoms with Crippen molar-refractivity contribution in [2.75, 3.05) is 26.2 Å². The predicted molar refractivity (Wildman–Crippen MR) is 96.1 cm³/mol. The number of nitro groups is 1. The van der Waals surface area contributed by atoms with Gasteiger partial charge in [0.2, 0.25) is 10.0 Å². The third kappa shape index (κ3) is 3.90. The molecule has 0 amide bonds. The molecule has 1 aliphatic heterocycles. The molecular formula is C17H20N4O4S. The van der Waals surface area contributed by atoms with Crippen LogP contribution in [0.4, 0.5) is 5.69 Å². The van der Waals surface area contributed by atoms with Crippen LogP contribution in [0.15, 0.2) is 47.5 Å². The minimum atomic E-state index is -3.76. The fourth-order valence-electron chi connectivity index (χ4n) is 2.97. The smallest absolute Gasteiger partial charge is 0.270 e. The highest BCUT2D eigenvalue weighted by atomic mass is 32.2. The van der Waals surface area contributed by atoms with Gasteiger partial charge in [0.15, 0.2) is 0 Å². The van der Waals surface area contributed by atoms with Crippen molar-refractivity contribution in [3.63, 3.8) is 0 Å². The number of aromatic nitrogens is 1. The SMILES string of the molecule is Cc1ccc([N+](=O)[O-])cc1S(=O)(=O)N1CCN(Cc2ccccn2)CC1. The second kappa shape index (κ2) is 7.48. The molecule has 2 heterocycles. The zero-order valence-corrected chi connectivity index (χ0v) is 15.2. The Balaban J connectivity index is 1.72. The lowest BCUT2D eigenvalue weighted by Crippen LogP contribution is -2.48. The maximum absolute atomic E-state index is 12.9. The molecule has 2 aromatic rings. The van der Waals surface area contributed by atoms with E-state index in [1.807, 2.05) is 18.2 Å². The van der Waals surface area contributed by atoms with Crippen molar-refractivity contribution in [3.8, 4) is 0 Å². The van der Waals surface area contributed by atoms with Crippen LogP contribution in [0, 0.1) is 17.0 Å². The minimum absolute atomic E-state index is 0.00451. The molecule has 0 atom stereocenters. The summed E-state index contributed by atoms with van der Waals surface area (Å²) in [6.07, 6.45) is 1.74. The van der Waals surface area contributed by atoms with Crippen molar-refractivity contribution >= 4 is 15.7 Å². The standard InChI is InChI=1S/C17H20N4O4S/c1-14-5-6-16(21(22)23)12-17(14)26(24,25)20-10-8-19(9-11-20)13-15-4-2-3-7-18-15/h2-7,12H,8-11,13H2,1H3. The molecule has 0 unspecified atom stereocenters. The molecule has 1 aromatic heterocycles. The lowest BCUT2D eigenvalue weighted by atomic mass is 10.2. The van der Waals surface area contributed by atoms with Crippen LogP contribution in [0.5, 0.6) is 0 Å². The topological polar surface area (TPSA) is 96.6 Å². The van der Waals surface area contributed by atoms with Crippen molar-refractivity contribution in [3.05, 3.63) is 64.0 Å². The molecule has 138 valence electrons. The predicted octanol–water partition coefficient (Wildman–Crippen LogP) is 1.80. The van der Waals surface area contributed by atoms with Gasteiger partial charge in [0.1, 0.15) is 0 Å². The molecule has 0 spiro atoms. The van der Waals surface area contributed by atoms with Gasteiger partial charge in [0, 0.05) is 51.1 Å². The van der Waals surface area contributed by atoms with Gasteiger partial charge in [-0.1, -0.05) is 12.1 Å². The Morgan fingerprint density at radius 1 is 1.15 bits per heavy atom. The molecule has 0 saturated carbocycles. The number of pyridine rings is 1. The summed E-state index contributed by atoms with van der Waals surface area (Å²) in [5, 5.41) is 11.0. The normalized spacial score (nSPS) is 16.5. The van der Waals surface area contributed by atoms with Gasteiger partial charge in [-0.3, -0.25) is 20.0 Å². The number of nitrogens with zero attached hydrogens (tertiary/aromatic N) is 4. The molecule has 0 radical (unpaired) electrons. The van der Waals surface area contributed by atoms with Crippen molar-refractivity contribution < 1.29 is 13.3 Å². The molecule has 1 aliphatic rings. The van der Waals surface area contributed by atoms with Gasteiger partial charge in [0.25, 0.3) is 5.69 Å². The monoisotopic (exact) mass is 376 g/mol. The summed E-state index contributed by atoms with van der Waals surface area (Å²) >= 11 is 0. The molecule has 1 saturated heterocycles. The Kier molecular flexibility index (Phi) is 5.30. The number of piperazine rings is 1. The van der Waals surface area contributed by atoms with Crippen LogP contribution in [0.2, 0.25) is 0 Å². The number of nitro benzene ring substituents is 1. The molecule has 1 aromatic carbocycles. The second-order valence-corrected chi connectivity index (χ2v) is 8.11. The van der Waals surface area contributed by atoms with E-state index in [2.05, 4.69) is 9.88 Å². The highest BCUT2D eigenvalue weighted by Gasteiger charge is 2.30. The first-order valence-corrected chi connectivity index (χ1v) is 9.69. The van der Waals surface area contributed by atoms with Crippen molar-refractivity contribution in [2.45, 2.75) is 18.4 Å². The minimum Gasteiger partial charge on any atom is -0.295 e. The Morgan fingerprint density at radius 3 is 2.50 bits per heavy atom. The van der Waals surface area contributed by atoms with Crippen LogP contribution < -0.4 is 0 Å². The van der Waals surface area contributed by atoms with E-state index in [9.17, 15) is 18.5 Å².